The van der Waals surface area contributed by atoms with Crippen molar-refractivity contribution in [2.45, 2.75) is 77.1 Å². The zero-order valence-electron chi connectivity index (χ0n) is 15.8. The molecule has 4 rings (SSSR count). The molecule has 140 valence electrons. The van der Waals surface area contributed by atoms with Gasteiger partial charge < -0.3 is 14.9 Å². The maximum absolute atomic E-state index is 11.2. The second-order valence-electron chi connectivity index (χ2n) is 9.89. The van der Waals surface area contributed by atoms with Gasteiger partial charge in [-0.3, -0.25) is 0 Å². The molecule has 0 aromatic rings. The molecule has 0 aromatic heterocycles. The highest BCUT2D eigenvalue weighted by molar-refractivity contribution is 5.15. The van der Waals surface area contributed by atoms with Crippen LogP contribution < -0.4 is 0 Å². The number of aliphatic hydroxyl groups is 2. The molecule has 0 heterocycles. The Morgan fingerprint density at radius 2 is 1.76 bits per heavy atom. The molecule has 0 radical (unpaired) electrons. The molecule has 4 aliphatic rings. The van der Waals surface area contributed by atoms with E-state index in [2.05, 4.69) is 19.9 Å². The van der Waals surface area contributed by atoms with Crippen LogP contribution in [0.25, 0.3) is 0 Å². The number of hydrogen-bond acceptors (Lipinski definition) is 4. The third kappa shape index (κ3) is 2.35. The molecule has 4 heteroatoms. The predicted octanol–water partition coefficient (Wildman–Crippen LogP) is 3.13. The third-order valence-electron chi connectivity index (χ3n) is 9.05. The summed E-state index contributed by atoms with van der Waals surface area (Å²) in [5.41, 5.74) is 0.0155. The van der Waals surface area contributed by atoms with E-state index in [0.717, 1.165) is 44.9 Å². The Balaban J connectivity index is 1.68. The Bertz CT molecular complexity index is 574. The predicted molar refractivity (Wildman–Crippen MR) is 94.4 cm³/mol. The summed E-state index contributed by atoms with van der Waals surface area (Å²) < 4.78 is 5.60. The van der Waals surface area contributed by atoms with Crippen molar-refractivity contribution >= 4 is 0 Å². The fourth-order valence-corrected chi connectivity index (χ4v) is 7.83. The number of nitriles is 1. The summed E-state index contributed by atoms with van der Waals surface area (Å²) in [7, 11) is 1.70. The molecule has 10 atom stereocenters. The molecule has 0 saturated heterocycles. The molecule has 0 amide bonds. The standard InChI is InChI=1S/C21H33NO3/c1-20-9-17(24)19-14(15(20)7-5-13(20)11-22)6-4-12-8-16(23)18(25-3)10-21(12,19)2/h12-19,23-24H,4-10H2,1-3H3. The van der Waals surface area contributed by atoms with Crippen molar-refractivity contribution in [3.63, 3.8) is 0 Å². The van der Waals surface area contributed by atoms with Crippen LogP contribution in [0.15, 0.2) is 0 Å². The highest BCUT2D eigenvalue weighted by atomic mass is 16.5. The van der Waals surface area contributed by atoms with Gasteiger partial charge in [-0.15, -0.1) is 0 Å². The minimum atomic E-state index is -0.375. The first-order chi connectivity index (χ1) is 11.8. The quantitative estimate of drug-likeness (QED) is 0.764. The summed E-state index contributed by atoms with van der Waals surface area (Å²) in [6.07, 6.45) is 6.00. The molecule has 4 nitrogen and oxygen atoms in total. The molecule has 4 aliphatic carbocycles. The Kier molecular flexibility index (Phi) is 4.22. The van der Waals surface area contributed by atoms with Gasteiger partial charge in [0.1, 0.15) is 0 Å². The van der Waals surface area contributed by atoms with Gasteiger partial charge >= 0.3 is 0 Å². The van der Waals surface area contributed by atoms with Crippen LogP contribution >= 0.6 is 0 Å². The molecule has 0 bridgehead atoms. The number of rotatable bonds is 1. The Morgan fingerprint density at radius 3 is 2.44 bits per heavy atom. The Hall–Kier alpha value is -0.630. The van der Waals surface area contributed by atoms with Crippen LogP contribution in [0.4, 0.5) is 0 Å². The van der Waals surface area contributed by atoms with E-state index in [1.165, 1.54) is 0 Å². The van der Waals surface area contributed by atoms with Crippen molar-refractivity contribution in [1.82, 2.24) is 0 Å². The molecular weight excluding hydrogens is 314 g/mol. The van der Waals surface area contributed by atoms with Crippen LogP contribution in [0.2, 0.25) is 0 Å². The first kappa shape index (κ1) is 17.8. The van der Waals surface area contributed by atoms with Crippen LogP contribution in [0.5, 0.6) is 0 Å². The van der Waals surface area contributed by atoms with Crippen molar-refractivity contribution in [3.8, 4) is 6.07 Å². The average Bonchev–Trinajstić information content (AvgIpc) is 2.90. The van der Waals surface area contributed by atoms with Gasteiger partial charge in [0.15, 0.2) is 0 Å². The van der Waals surface area contributed by atoms with Crippen molar-refractivity contribution in [1.29, 1.82) is 5.26 Å². The fraction of sp³-hybridized carbons (Fsp3) is 0.952. The van der Waals surface area contributed by atoms with Crippen LogP contribution in [-0.4, -0.2) is 35.6 Å². The third-order valence-corrected chi connectivity index (χ3v) is 9.05. The van der Waals surface area contributed by atoms with E-state index in [4.69, 9.17) is 4.74 Å². The molecule has 10 unspecified atom stereocenters. The lowest BCUT2D eigenvalue weighted by atomic mass is 9.43. The van der Waals surface area contributed by atoms with Crippen molar-refractivity contribution in [2.24, 2.45) is 40.4 Å². The van der Waals surface area contributed by atoms with Crippen LogP contribution in [0, 0.1) is 51.8 Å². The molecule has 2 N–H and O–H groups in total. The first-order valence-electron chi connectivity index (χ1n) is 10.1. The molecule has 25 heavy (non-hydrogen) atoms. The van der Waals surface area contributed by atoms with E-state index in [0.29, 0.717) is 17.8 Å². The van der Waals surface area contributed by atoms with Crippen molar-refractivity contribution in [3.05, 3.63) is 0 Å². The van der Waals surface area contributed by atoms with Crippen LogP contribution in [0.3, 0.4) is 0 Å². The molecule has 0 aromatic carbocycles. The highest BCUT2D eigenvalue weighted by Gasteiger charge is 2.64. The van der Waals surface area contributed by atoms with Gasteiger partial charge in [0.25, 0.3) is 0 Å². The summed E-state index contributed by atoms with van der Waals surface area (Å²) in [6, 6.07) is 2.54. The lowest BCUT2D eigenvalue weighted by Crippen LogP contribution is -2.61. The van der Waals surface area contributed by atoms with Gasteiger partial charge in [-0.05, 0) is 79.4 Å². The van der Waals surface area contributed by atoms with Crippen LogP contribution in [0.1, 0.15) is 58.8 Å². The summed E-state index contributed by atoms with van der Waals surface area (Å²) >= 11 is 0. The summed E-state index contributed by atoms with van der Waals surface area (Å²) in [5.74, 6) is 1.94. The van der Waals surface area contributed by atoms with Gasteiger partial charge in [-0.1, -0.05) is 13.8 Å². The number of hydrogen-bond donors (Lipinski definition) is 2. The zero-order chi connectivity index (χ0) is 18.0. The summed E-state index contributed by atoms with van der Waals surface area (Å²) in [4.78, 5) is 0. The molecule has 4 fully saturated rings. The molecule has 4 saturated carbocycles. The van der Waals surface area contributed by atoms with E-state index in [-0.39, 0.29) is 41.0 Å². The van der Waals surface area contributed by atoms with Crippen molar-refractivity contribution < 1.29 is 14.9 Å². The molecule has 0 aliphatic heterocycles. The minimum absolute atomic E-state index is 0.0205. The monoisotopic (exact) mass is 347 g/mol. The van der Waals surface area contributed by atoms with Gasteiger partial charge in [0, 0.05) is 7.11 Å². The minimum Gasteiger partial charge on any atom is -0.393 e. The lowest BCUT2D eigenvalue weighted by Gasteiger charge is -2.62. The van der Waals surface area contributed by atoms with E-state index in [1.54, 1.807) is 7.11 Å². The van der Waals surface area contributed by atoms with Crippen LogP contribution in [-0.2, 0) is 4.74 Å². The first-order valence-corrected chi connectivity index (χ1v) is 10.1. The van der Waals surface area contributed by atoms with E-state index in [1.807, 2.05) is 0 Å². The summed E-state index contributed by atoms with van der Waals surface area (Å²) in [5, 5.41) is 31.3. The van der Waals surface area contributed by atoms with Gasteiger partial charge in [0.2, 0.25) is 0 Å². The van der Waals surface area contributed by atoms with Gasteiger partial charge in [-0.25, -0.2) is 0 Å². The maximum Gasteiger partial charge on any atom is 0.0835 e. The number of ether oxygens (including phenoxy) is 1. The second-order valence-corrected chi connectivity index (χ2v) is 9.89. The molecular formula is C21H33NO3. The van der Waals surface area contributed by atoms with E-state index in [9.17, 15) is 15.5 Å². The number of methoxy groups -OCH3 is 1. The smallest absolute Gasteiger partial charge is 0.0835 e. The largest absolute Gasteiger partial charge is 0.393 e. The van der Waals surface area contributed by atoms with Gasteiger partial charge in [0.05, 0.1) is 30.3 Å². The average molecular weight is 347 g/mol. The second kappa shape index (κ2) is 5.94. The Morgan fingerprint density at radius 1 is 1.00 bits per heavy atom. The number of fused-ring (bicyclic) bond motifs is 5. The topological polar surface area (TPSA) is 73.5 Å². The van der Waals surface area contributed by atoms with Crippen molar-refractivity contribution in [2.75, 3.05) is 7.11 Å². The summed E-state index contributed by atoms with van der Waals surface area (Å²) in [6.45, 7) is 4.60. The van der Waals surface area contributed by atoms with E-state index >= 15 is 0 Å². The lowest BCUT2D eigenvalue weighted by molar-refractivity contribution is -0.198. The zero-order valence-corrected chi connectivity index (χ0v) is 15.8. The maximum atomic E-state index is 11.2. The molecule has 0 spiro atoms. The fourth-order valence-electron chi connectivity index (χ4n) is 7.83. The number of nitrogens with zero attached hydrogens (tertiary/aromatic N) is 1. The Labute approximate surface area is 151 Å². The highest BCUT2D eigenvalue weighted by Crippen LogP contribution is 2.67. The van der Waals surface area contributed by atoms with Gasteiger partial charge in [-0.2, -0.15) is 5.26 Å². The van der Waals surface area contributed by atoms with E-state index < -0.39 is 0 Å². The SMILES string of the molecule is COC1CC2(C)C(CCC3C4CCC(C#N)C4(C)CC(O)C32)CC1O. The normalized spacial score (nSPS) is 57.9. The number of aliphatic hydroxyl groups excluding tert-OH is 2.